The van der Waals surface area contributed by atoms with Crippen LogP contribution in [0.4, 0.5) is 0 Å². The highest BCUT2D eigenvalue weighted by molar-refractivity contribution is 7.23. The molecule has 0 unspecified atom stereocenters. The zero-order chi connectivity index (χ0) is 26.3. The molecule has 1 aliphatic heterocycles. The maximum absolute atomic E-state index is 12.9. The van der Waals surface area contributed by atoms with Crippen LogP contribution in [0.15, 0.2) is 71.8 Å². The van der Waals surface area contributed by atoms with E-state index in [1.807, 2.05) is 26.0 Å². The number of hydrogen-bond donors (Lipinski definition) is 0. The standard InChI is InChI=1S/C31H18O5S2/c1-31(2)23-13-15(11-21-25(32)17-7-3-4-8-18(17)26(21)33)37-29(23)30-24(36-31)14-16(38-30)12-22-27(34)19-9-5-6-10-20(19)28(22)35/h3-14H,1-2H3. The second-order valence-electron chi connectivity index (χ2n) is 9.87. The Bertz CT molecular complexity index is 1770. The van der Waals surface area contributed by atoms with Crippen molar-refractivity contribution in [1.82, 2.24) is 0 Å². The number of allylic oxidation sites excluding steroid dienone is 2. The molecule has 7 rings (SSSR count). The van der Waals surface area contributed by atoms with Crippen molar-refractivity contribution in [2.45, 2.75) is 19.4 Å². The predicted molar refractivity (Wildman–Crippen MR) is 147 cm³/mol. The molecule has 0 amide bonds. The summed E-state index contributed by atoms with van der Waals surface area (Å²) in [4.78, 5) is 55.0. The van der Waals surface area contributed by atoms with E-state index in [0.29, 0.717) is 28.0 Å². The minimum absolute atomic E-state index is 0.152. The summed E-state index contributed by atoms with van der Waals surface area (Å²) in [6, 6.07) is 17.6. The Balaban J connectivity index is 1.29. The summed E-state index contributed by atoms with van der Waals surface area (Å²) in [5, 5.41) is 0. The summed E-state index contributed by atoms with van der Waals surface area (Å²) < 4.78 is 6.35. The van der Waals surface area contributed by atoms with Gasteiger partial charge >= 0.3 is 0 Å². The first-order valence-electron chi connectivity index (χ1n) is 12.0. The minimum Gasteiger partial charge on any atom is -0.482 e. The Morgan fingerprint density at radius 1 is 0.632 bits per heavy atom. The molecule has 3 aliphatic rings. The van der Waals surface area contributed by atoms with E-state index in [-0.39, 0.29) is 34.3 Å². The maximum atomic E-state index is 12.9. The molecule has 7 heteroatoms. The van der Waals surface area contributed by atoms with Crippen LogP contribution in [0.5, 0.6) is 5.75 Å². The van der Waals surface area contributed by atoms with Crippen LogP contribution in [-0.4, -0.2) is 23.1 Å². The molecule has 3 heterocycles. The van der Waals surface area contributed by atoms with Crippen molar-refractivity contribution in [3.8, 4) is 15.5 Å². The van der Waals surface area contributed by atoms with E-state index in [4.69, 9.17) is 4.74 Å². The molecule has 4 aromatic rings. The van der Waals surface area contributed by atoms with Crippen LogP contribution in [0.25, 0.3) is 21.9 Å². The number of ether oxygens (including phenoxy) is 1. The Morgan fingerprint density at radius 3 is 1.53 bits per heavy atom. The van der Waals surface area contributed by atoms with Gasteiger partial charge in [-0.05, 0) is 38.1 Å². The van der Waals surface area contributed by atoms with Crippen molar-refractivity contribution < 1.29 is 23.9 Å². The molecule has 5 nitrogen and oxygen atoms in total. The van der Waals surface area contributed by atoms with Crippen molar-refractivity contribution in [3.63, 3.8) is 0 Å². The molecule has 0 N–H and O–H groups in total. The zero-order valence-electron chi connectivity index (χ0n) is 20.3. The van der Waals surface area contributed by atoms with Gasteiger partial charge in [0.1, 0.15) is 11.4 Å². The Labute approximate surface area is 225 Å². The van der Waals surface area contributed by atoms with E-state index < -0.39 is 5.60 Å². The fourth-order valence-corrected chi connectivity index (χ4v) is 7.65. The highest BCUT2D eigenvalue weighted by Gasteiger charge is 2.38. The fraction of sp³-hybridized carbons (Fsp3) is 0.0968. The van der Waals surface area contributed by atoms with Gasteiger partial charge in [0.15, 0.2) is 23.1 Å². The number of benzene rings is 2. The van der Waals surface area contributed by atoms with Crippen LogP contribution in [-0.2, 0) is 5.60 Å². The third-order valence-corrected chi connectivity index (χ3v) is 9.38. The molecule has 2 aliphatic carbocycles. The van der Waals surface area contributed by atoms with Crippen molar-refractivity contribution in [1.29, 1.82) is 0 Å². The molecular weight excluding hydrogens is 516 g/mol. The molecule has 0 saturated carbocycles. The van der Waals surface area contributed by atoms with Gasteiger partial charge in [0.2, 0.25) is 0 Å². The van der Waals surface area contributed by atoms with Crippen LogP contribution >= 0.6 is 22.7 Å². The lowest BCUT2D eigenvalue weighted by Crippen LogP contribution is -2.27. The quantitative estimate of drug-likeness (QED) is 0.204. The number of hydrogen-bond acceptors (Lipinski definition) is 7. The smallest absolute Gasteiger partial charge is 0.197 e. The second-order valence-corrected chi connectivity index (χ2v) is 12.0. The molecule has 0 spiro atoms. The number of thiophene rings is 2. The van der Waals surface area contributed by atoms with E-state index >= 15 is 0 Å². The highest BCUT2D eigenvalue weighted by atomic mass is 32.1. The fourth-order valence-electron chi connectivity index (χ4n) is 5.22. The van der Waals surface area contributed by atoms with Gasteiger partial charge in [-0.15, -0.1) is 22.7 Å². The number of carbonyl (C=O) groups excluding carboxylic acids is 4. The van der Waals surface area contributed by atoms with E-state index in [1.165, 1.54) is 22.7 Å². The molecule has 0 radical (unpaired) electrons. The highest BCUT2D eigenvalue weighted by Crippen LogP contribution is 2.53. The monoisotopic (exact) mass is 534 g/mol. The molecule has 2 aromatic heterocycles. The summed E-state index contributed by atoms with van der Waals surface area (Å²) in [5.74, 6) is -0.377. The predicted octanol–water partition coefficient (Wildman–Crippen LogP) is 7.03. The average molecular weight is 535 g/mol. The van der Waals surface area contributed by atoms with Gasteiger partial charge in [0.25, 0.3) is 0 Å². The average Bonchev–Trinajstić information content (AvgIpc) is 3.63. The number of rotatable bonds is 2. The number of ketones is 4. The molecular formula is C31H18O5S2. The van der Waals surface area contributed by atoms with Crippen LogP contribution < -0.4 is 4.74 Å². The summed E-state index contributed by atoms with van der Waals surface area (Å²) in [6.07, 6.45) is 3.32. The lowest BCUT2D eigenvalue weighted by atomic mass is 9.95. The lowest BCUT2D eigenvalue weighted by Gasteiger charge is -2.31. The van der Waals surface area contributed by atoms with Crippen molar-refractivity contribution in [3.05, 3.63) is 109 Å². The molecule has 2 aromatic carbocycles. The normalized spacial score (nSPS) is 16.7. The van der Waals surface area contributed by atoms with E-state index in [0.717, 1.165) is 25.1 Å². The number of Topliss-reactive ketones (excluding diaryl/α,β-unsaturated/α-hetero) is 4. The first kappa shape index (κ1) is 23.0. The minimum atomic E-state index is -0.650. The van der Waals surface area contributed by atoms with Crippen molar-refractivity contribution >= 4 is 58.0 Å². The summed E-state index contributed by atoms with van der Waals surface area (Å²) >= 11 is 2.94. The SMILES string of the molecule is CC1(C)Oc2cc(C=C3C(=O)c4ccccc4C3=O)sc2-c2sc(C=C3C(=O)c4ccccc4C3=O)cc21. The van der Waals surface area contributed by atoms with Crippen LogP contribution in [0, 0.1) is 0 Å². The molecule has 38 heavy (non-hydrogen) atoms. The maximum Gasteiger partial charge on any atom is 0.197 e. The molecule has 0 bridgehead atoms. The molecule has 0 saturated heterocycles. The first-order chi connectivity index (χ1) is 18.2. The van der Waals surface area contributed by atoms with Gasteiger partial charge in [-0.1, -0.05) is 48.5 Å². The summed E-state index contributed by atoms with van der Waals surface area (Å²) in [5.41, 5.74) is 2.35. The van der Waals surface area contributed by atoms with Gasteiger partial charge < -0.3 is 4.74 Å². The lowest BCUT2D eigenvalue weighted by molar-refractivity contribution is 0.0975. The summed E-state index contributed by atoms with van der Waals surface area (Å²) in [6.45, 7) is 3.94. The van der Waals surface area contributed by atoms with Crippen LogP contribution in [0.1, 0.15) is 70.6 Å². The Kier molecular flexibility index (Phi) is 4.77. The van der Waals surface area contributed by atoms with Gasteiger partial charge in [-0.3, -0.25) is 19.2 Å². The summed E-state index contributed by atoms with van der Waals surface area (Å²) in [7, 11) is 0. The molecule has 184 valence electrons. The van der Waals surface area contributed by atoms with E-state index in [9.17, 15) is 19.2 Å². The first-order valence-corrected chi connectivity index (χ1v) is 13.6. The van der Waals surface area contributed by atoms with E-state index in [1.54, 1.807) is 60.7 Å². The third kappa shape index (κ3) is 3.22. The zero-order valence-corrected chi connectivity index (χ0v) is 21.9. The number of fused-ring (bicyclic) bond motifs is 5. The van der Waals surface area contributed by atoms with Crippen molar-refractivity contribution in [2.75, 3.05) is 0 Å². The third-order valence-electron chi connectivity index (χ3n) is 7.07. The van der Waals surface area contributed by atoms with Gasteiger partial charge in [0.05, 0.1) is 20.9 Å². The second kappa shape index (κ2) is 7.90. The van der Waals surface area contributed by atoms with Gasteiger partial charge in [-0.25, -0.2) is 0 Å². The Hall–Kier alpha value is -4.20. The van der Waals surface area contributed by atoms with Crippen molar-refractivity contribution in [2.24, 2.45) is 0 Å². The molecule has 0 atom stereocenters. The topological polar surface area (TPSA) is 77.5 Å². The molecule has 0 fully saturated rings. The van der Waals surface area contributed by atoms with Gasteiger partial charge in [0, 0.05) is 37.6 Å². The van der Waals surface area contributed by atoms with Crippen LogP contribution in [0.3, 0.4) is 0 Å². The van der Waals surface area contributed by atoms with Gasteiger partial charge in [-0.2, -0.15) is 0 Å². The Morgan fingerprint density at radius 2 is 1.05 bits per heavy atom. The number of carbonyl (C=O) groups is 4. The largest absolute Gasteiger partial charge is 0.482 e. The van der Waals surface area contributed by atoms with E-state index in [2.05, 4.69) is 0 Å². The van der Waals surface area contributed by atoms with Crippen LogP contribution in [0.2, 0.25) is 0 Å².